The molecule has 1 N–H and O–H groups in total. The summed E-state index contributed by atoms with van der Waals surface area (Å²) in [6.07, 6.45) is 0. The average molecular weight is 263 g/mol. The second-order valence-corrected chi connectivity index (χ2v) is 5.54. The van der Waals surface area contributed by atoms with Crippen LogP contribution < -0.4 is 0 Å². The highest BCUT2D eigenvalue weighted by molar-refractivity contribution is 5.58. The zero-order valence-electron chi connectivity index (χ0n) is 11.6. The van der Waals surface area contributed by atoms with Gasteiger partial charge in [-0.15, -0.1) is 10.2 Å². The van der Waals surface area contributed by atoms with Crippen molar-refractivity contribution in [3.63, 3.8) is 0 Å². The van der Waals surface area contributed by atoms with E-state index in [9.17, 15) is 9.50 Å². The Morgan fingerprint density at radius 1 is 1.26 bits per heavy atom. The van der Waals surface area contributed by atoms with Crippen LogP contribution in [0.1, 0.15) is 32.2 Å². The third-order valence-corrected chi connectivity index (χ3v) is 2.98. The van der Waals surface area contributed by atoms with Gasteiger partial charge in [0, 0.05) is 5.54 Å². The molecule has 102 valence electrons. The number of nitrogens with zero attached hydrogens (tertiary/aromatic N) is 3. The van der Waals surface area contributed by atoms with E-state index in [2.05, 4.69) is 10.2 Å². The lowest BCUT2D eigenvalue weighted by Crippen LogP contribution is -2.25. The summed E-state index contributed by atoms with van der Waals surface area (Å²) in [4.78, 5) is 0. The van der Waals surface area contributed by atoms with Gasteiger partial charge in [-0.25, -0.2) is 4.39 Å². The van der Waals surface area contributed by atoms with Gasteiger partial charge in [0.15, 0.2) is 11.6 Å². The quantitative estimate of drug-likeness (QED) is 0.906. The van der Waals surface area contributed by atoms with Gasteiger partial charge in [-0.05, 0) is 39.3 Å². The fourth-order valence-corrected chi connectivity index (χ4v) is 2.12. The molecule has 2 aromatic rings. The molecule has 0 unspecified atom stereocenters. The predicted octanol–water partition coefficient (Wildman–Crippen LogP) is 2.64. The Bertz CT molecular complexity index is 599. The maximum atomic E-state index is 14.2. The molecule has 0 saturated heterocycles. The van der Waals surface area contributed by atoms with Crippen molar-refractivity contribution in [1.82, 2.24) is 14.8 Å². The van der Waals surface area contributed by atoms with Gasteiger partial charge in [0.1, 0.15) is 12.4 Å². The molecule has 0 radical (unpaired) electrons. The Balaban J connectivity index is 2.70. The van der Waals surface area contributed by atoms with Crippen LogP contribution in [0.25, 0.3) is 11.4 Å². The van der Waals surface area contributed by atoms with Gasteiger partial charge in [-0.1, -0.05) is 12.1 Å². The summed E-state index contributed by atoms with van der Waals surface area (Å²) >= 11 is 0. The number of hydrogen-bond donors (Lipinski definition) is 1. The van der Waals surface area contributed by atoms with Crippen LogP contribution in [-0.4, -0.2) is 19.9 Å². The standard InChI is InChI=1S/C14H18FN3O/c1-9-6-5-7-10(12(9)15)13-17-16-11(8-19)18(13)14(2,3)4/h5-7,19H,8H2,1-4H3. The van der Waals surface area contributed by atoms with Gasteiger partial charge < -0.3 is 9.67 Å². The average Bonchev–Trinajstić information content (AvgIpc) is 2.76. The van der Waals surface area contributed by atoms with Crippen LogP contribution in [0, 0.1) is 12.7 Å². The van der Waals surface area contributed by atoms with Gasteiger partial charge in [0.2, 0.25) is 0 Å². The molecule has 0 amide bonds. The van der Waals surface area contributed by atoms with Crippen LogP contribution in [0.4, 0.5) is 4.39 Å². The molecule has 1 aromatic carbocycles. The fourth-order valence-electron chi connectivity index (χ4n) is 2.12. The molecule has 0 fully saturated rings. The number of hydrogen-bond acceptors (Lipinski definition) is 3. The van der Waals surface area contributed by atoms with E-state index in [0.29, 0.717) is 22.8 Å². The topological polar surface area (TPSA) is 50.9 Å². The van der Waals surface area contributed by atoms with Crippen LogP contribution in [0.15, 0.2) is 18.2 Å². The molecule has 5 heteroatoms. The molecule has 0 aliphatic heterocycles. The van der Waals surface area contributed by atoms with Crippen LogP contribution in [0.5, 0.6) is 0 Å². The van der Waals surface area contributed by atoms with E-state index in [1.54, 1.807) is 29.7 Å². The number of aryl methyl sites for hydroxylation is 1. The summed E-state index contributed by atoms with van der Waals surface area (Å²) in [7, 11) is 0. The minimum absolute atomic E-state index is 0.224. The summed E-state index contributed by atoms with van der Waals surface area (Å²) in [6, 6.07) is 5.17. The highest BCUT2D eigenvalue weighted by Gasteiger charge is 2.25. The van der Waals surface area contributed by atoms with E-state index in [1.807, 2.05) is 20.8 Å². The first-order valence-electron chi connectivity index (χ1n) is 6.17. The van der Waals surface area contributed by atoms with Crippen molar-refractivity contribution in [2.45, 2.75) is 39.8 Å². The third kappa shape index (κ3) is 2.38. The molecule has 1 heterocycles. The molecular formula is C14H18FN3O. The Morgan fingerprint density at radius 3 is 2.53 bits per heavy atom. The molecule has 0 atom stereocenters. The van der Waals surface area contributed by atoms with Crippen molar-refractivity contribution in [1.29, 1.82) is 0 Å². The predicted molar refractivity (Wildman–Crippen MR) is 71.1 cm³/mol. The van der Waals surface area contributed by atoms with Crippen LogP contribution in [0.2, 0.25) is 0 Å². The fraction of sp³-hybridized carbons (Fsp3) is 0.429. The zero-order valence-corrected chi connectivity index (χ0v) is 11.6. The molecule has 0 spiro atoms. The molecule has 0 aliphatic carbocycles. The van der Waals surface area contributed by atoms with Gasteiger partial charge in [0.05, 0.1) is 5.56 Å². The van der Waals surface area contributed by atoms with Gasteiger partial charge >= 0.3 is 0 Å². The van der Waals surface area contributed by atoms with E-state index in [1.165, 1.54) is 0 Å². The lowest BCUT2D eigenvalue weighted by Gasteiger charge is -2.24. The number of halogens is 1. The highest BCUT2D eigenvalue weighted by atomic mass is 19.1. The number of aliphatic hydroxyl groups is 1. The summed E-state index contributed by atoms with van der Waals surface area (Å²) in [5.74, 6) is 0.575. The largest absolute Gasteiger partial charge is 0.388 e. The monoisotopic (exact) mass is 263 g/mol. The summed E-state index contributed by atoms with van der Waals surface area (Å²) in [5, 5.41) is 17.3. The van der Waals surface area contributed by atoms with Crippen molar-refractivity contribution < 1.29 is 9.50 Å². The normalized spacial score (nSPS) is 11.9. The van der Waals surface area contributed by atoms with Gasteiger partial charge in [0.25, 0.3) is 0 Å². The van der Waals surface area contributed by atoms with Gasteiger partial charge in [-0.2, -0.15) is 0 Å². The van der Waals surface area contributed by atoms with E-state index in [4.69, 9.17) is 0 Å². The third-order valence-electron chi connectivity index (χ3n) is 2.98. The van der Waals surface area contributed by atoms with E-state index < -0.39 is 0 Å². The van der Waals surface area contributed by atoms with Crippen LogP contribution in [-0.2, 0) is 12.1 Å². The molecule has 0 bridgehead atoms. The summed E-state index contributed by atoms with van der Waals surface area (Å²) < 4.78 is 16.0. The number of benzene rings is 1. The number of rotatable bonds is 2. The Labute approximate surface area is 111 Å². The van der Waals surface area contributed by atoms with Crippen LogP contribution in [0.3, 0.4) is 0 Å². The first-order valence-corrected chi connectivity index (χ1v) is 6.17. The zero-order chi connectivity index (χ0) is 14.2. The minimum Gasteiger partial charge on any atom is -0.388 e. The lowest BCUT2D eigenvalue weighted by atomic mass is 10.1. The minimum atomic E-state index is -0.340. The maximum Gasteiger partial charge on any atom is 0.167 e. The molecular weight excluding hydrogens is 245 g/mol. The summed E-state index contributed by atoms with van der Waals surface area (Å²) in [5.41, 5.74) is 0.626. The summed E-state index contributed by atoms with van der Waals surface area (Å²) in [6.45, 7) is 7.38. The second-order valence-electron chi connectivity index (χ2n) is 5.54. The lowest BCUT2D eigenvalue weighted by molar-refractivity contribution is 0.250. The second kappa shape index (κ2) is 4.74. The maximum absolute atomic E-state index is 14.2. The van der Waals surface area contributed by atoms with Crippen LogP contribution >= 0.6 is 0 Å². The molecule has 0 aliphatic rings. The molecule has 2 rings (SSSR count). The van der Waals surface area contributed by atoms with Crippen molar-refractivity contribution >= 4 is 0 Å². The van der Waals surface area contributed by atoms with E-state index in [0.717, 1.165) is 0 Å². The molecule has 1 aromatic heterocycles. The Morgan fingerprint density at radius 2 is 1.95 bits per heavy atom. The SMILES string of the molecule is Cc1cccc(-c2nnc(CO)n2C(C)(C)C)c1F. The first kappa shape index (κ1) is 13.7. The van der Waals surface area contributed by atoms with Crippen molar-refractivity contribution in [3.8, 4) is 11.4 Å². The molecule has 19 heavy (non-hydrogen) atoms. The first-order chi connectivity index (χ1) is 8.86. The van der Waals surface area contributed by atoms with Gasteiger partial charge in [-0.3, -0.25) is 0 Å². The van der Waals surface area contributed by atoms with Crippen molar-refractivity contribution in [2.75, 3.05) is 0 Å². The van der Waals surface area contributed by atoms with E-state index >= 15 is 0 Å². The smallest absolute Gasteiger partial charge is 0.167 e. The highest BCUT2D eigenvalue weighted by Crippen LogP contribution is 2.28. The molecule has 0 saturated carbocycles. The van der Waals surface area contributed by atoms with Crippen molar-refractivity contribution in [2.24, 2.45) is 0 Å². The van der Waals surface area contributed by atoms with Crippen molar-refractivity contribution in [3.05, 3.63) is 35.4 Å². The number of aliphatic hydroxyl groups excluding tert-OH is 1. The Kier molecular flexibility index (Phi) is 3.41. The van der Waals surface area contributed by atoms with E-state index in [-0.39, 0.29) is 18.0 Å². The molecule has 4 nitrogen and oxygen atoms in total. The number of aromatic nitrogens is 3. The Hall–Kier alpha value is -1.75.